The summed E-state index contributed by atoms with van der Waals surface area (Å²) in [6.45, 7) is 0. The number of rotatable bonds is 9. The summed E-state index contributed by atoms with van der Waals surface area (Å²) in [5, 5.41) is 8.34. The third-order valence-corrected chi connectivity index (χ3v) is 9.29. The molecule has 0 saturated heterocycles. The van der Waals surface area contributed by atoms with Crippen molar-refractivity contribution < 1.29 is 55.0 Å². The highest BCUT2D eigenvalue weighted by molar-refractivity contribution is 7.52. The first-order chi connectivity index (χ1) is 20.9. The van der Waals surface area contributed by atoms with Crippen molar-refractivity contribution in [2.24, 2.45) is 0 Å². The fourth-order valence-electron chi connectivity index (χ4n) is 5.00. The molecule has 4 aromatic carbocycles. The van der Waals surface area contributed by atoms with Gasteiger partial charge >= 0.3 is 26.5 Å². The van der Waals surface area contributed by atoms with Crippen molar-refractivity contribution >= 4 is 26.2 Å². The molecule has 0 radical (unpaired) electrons. The molecule has 0 aliphatic rings. The Morgan fingerprint density at radius 2 is 1.13 bits per heavy atom. The summed E-state index contributed by atoms with van der Waals surface area (Å²) < 4.78 is 111. The van der Waals surface area contributed by atoms with Crippen LogP contribution in [0.1, 0.15) is 27.8 Å². The lowest BCUT2D eigenvalue weighted by atomic mass is 9.77. The SMILES string of the molecule is O=P(O)(O)C(F)(F)c1ccc(C[C@](c2ccc(C(F)(F)P(=O)(O)O)cc2)(c2ccc(F)c(F)c2)n2nnc3ccccc32)cc1. The zero-order valence-corrected chi connectivity index (χ0v) is 24.3. The molecule has 9 nitrogen and oxygen atoms in total. The molecule has 45 heavy (non-hydrogen) atoms. The summed E-state index contributed by atoms with van der Waals surface area (Å²) in [7, 11) is -11.9. The average molecular weight is 671 g/mol. The third-order valence-electron chi connectivity index (χ3n) is 7.31. The molecule has 17 heteroatoms. The highest BCUT2D eigenvalue weighted by atomic mass is 31.2. The third kappa shape index (κ3) is 5.60. The predicted octanol–water partition coefficient (Wildman–Crippen LogP) is 6.20. The van der Waals surface area contributed by atoms with Gasteiger partial charge in [-0.3, -0.25) is 9.13 Å². The molecule has 5 rings (SSSR count). The van der Waals surface area contributed by atoms with E-state index in [1.165, 1.54) is 10.7 Å². The van der Waals surface area contributed by atoms with Gasteiger partial charge in [0.15, 0.2) is 11.6 Å². The average Bonchev–Trinajstić information content (AvgIpc) is 3.41. The zero-order chi connectivity index (χ0) is 33.0. The van der Waals surface area contributed by atoms with Gasteiger partial charge < -0.3 is 19.6 Å². The van der Waals surface area contributed by atoms with Gasteiger partial charge in [-0.05, 0) is 41.0 Å². The molecule has 0 fully saturated rings. The lowest BCUT2D eigenvalue weighted by molar-refractivity contribution is 0.0563. The first kappa shape index (κ1) is 32.6. The molecule has 0 aliphatic heterocycles. The molecule has 1 aromatic heterocycles. The first-order valence-corrected chi connectivity index (χ1v) is 16.0. The van der Waals surface area contributed by atoms with Gasteiger partial charge in [-0.2, -0.15) is 17.6 Å². The quantitative estimate of drug-likeness (QED) is 0.107. The minimum atomic E-state index is -5.95. The molecule has 5 aromatic rings. The van der Waals surface area contributed by atoms with Gasteiger partial charge in [0.2, 0.25) is 0 Å². The van der Waals surface area contributed by atoms with Gasteiger partial charge in [-0.25, -0.2) is 13.5 Å². The number of fused-ring (bicyclic) bond motifs is 1. The number of para-hydroxylation sites is 1. The maximum absolute atomic E-state index is 14.8. The molecule has 0 aliphatic carbocycles. The van der Waals surface area contributed by atoms with Crippen LogP contribution in [0.2, 0.25) is 0 Å². The molecule has 1 atom stereocenters. The van der Waals surface area contributed by atoms with Crippen molar-refractivity contribution in [1.29, 1.82) is 0 Å². The smallest absolute Gasteiger partial charge is 0.320 e. The van der Waals surface area contributed by atoms with E-state index in [0.29, 0.717) is 11.0 Å². The Balaban J connectivity index is 1.79. The number of hydrogen-bond acceptors (Lipinski definition) is 4. The van der Waals surface area contributed by atoms with Crippen molar-refractivity contribution in [3.8, 4) is 0 Å². The van der Waals surface area contributed by atoms with Gasteiger partial charge in [0.05, 0.1) is 5.52 Å². The number of benzene rings is 4. The first-order valence-electron chi connectivity index (χ1n) is 12.7. The fraction of sp³-hybridized carbons (Fsp3) is 0.143. The highest BCUT2D eigenvalue weighted by Crippen LogP contribution is 2.60. The van der Waals surface area contributed by atoms with E-state index in [9.17, 15) is 45.3 Å². The van der Waals surface area contributed by atoms with Crippen LogP contribution in [-0.4, -0.2) is 34.6 Å². The minimum absolute atomic E-state index is 0.0174. The maximum Gasteiger partial charge on any atom is 0.399 e. The van der Waals surface area contributed by atoms with E-state index in [4.69, 9.17) is 9.79 Å². The fourth-order valence-corrected chi connectivity index (χ4v) is 5.97. The topological polar surface area (TPSA) is 146 Å². The number of aromatic nitrogens is 3. The Kier molecular flexibility index (Phi) is 8.10. The van der Waals surface area contributed by atoms with E-state index in [0.717, 1.165) is 60.7 Å². The number of alkyl halides is 4. The Bertz CT molecular complexity index is 1980. The zero-order valence-electron chi connectivity index (χ0n) is 22.5. The Morgan fingerprint density at radius 3 is 1.67 bits per heavy atom. The monoisotopic (exact) mass is 671 g/mol. The standard InChI is InChI=1S/C28H21F6N3O6P2/c29-22-14-13-21(15-23(22)30)26(37-25-4-2-1-3-24(25)35-36-37,18-9-11-20(12-10-18)28(33,34)45(41,42)43)16-17-5-7-19(8-6-17)27(31,32)44(38,39)40/h1-15H,16H2,(H2,38,39,40)(H2,41,42,43)/t26-/m0/s1. The number of halogens is 6. The Labute approximate surface area is 250 Å². The van der Waals surface area contributed by atoms with Gasteiger partial charge in [0.25, 0.3) is 0 Å². The number of hydrogen-bond donors (Lipinski definition) is 4. The molecular weight excluding hydrogens is 650 g/mol. The summed E-state index contributed by atoms with van der Waals surface area (Å²) in [6, 6.07) is 16.6. The lowest BCUT2D eigenvalue weighted by Gasteiger charge is -2.36. The van der Waals surface area contributed by atoms with E-state index >= 15 is 0 Å². The van der Waals surface area contributed by atoms with Crippen LogP contribution in [0.25, 0.3) is 11.0 Å². The van der Waals surface area contributed by atoms with E-state index in [1.54, 1.807) is 24.3 Å². The summed E-state index contributed by atoms with van der Waals surface area (Å²) in [5.74, 6) is -2.53. The largest absolute Gasteiger partial charge is 0.399 e. The second-order valence-corrected chi connectivity index (χ2v) is 13.4. The van der Waals surface area contributed by atoms with Crippen LogP contribution in [-0.2, 0) is 32.4 Å². The lowest BCUT2D eigenvalue weighted by Crippen LogP contribution is -2.40. The van der Waals surface area contributed by atoms with Crippen molar-refractivity contribution in [2.75, 3.05) is 0 Å². The molecule has 0 unspecified atom stereocenters. The van der Waals surface area contributed by atoms with Crippen molar-refractivity contribution in [2.45, 2.75) is 23.3 Å². The van der Waals surface area contributed by atoms with Crippen molar-refractivity contribution in [3.63, 3.8) is 0 Å². The van der Waals surface area contributed by atoms with Crippen LogP contribution in [0.4, 0.5) is 26.3 Å². The molecule has 0 spiro atoms. The van der Waals surface area contributed by atoms with Crippen LogP contribution >= 0.6 is 15.2 Å². The predicted molar refractivity (Wildman–Crippen MR) is 149 cm³/mol. The van der Waals surface area contributed by atoms with Crippen LogP contribution in [0.15, 0.2) is 91.0 Å². The molecule has 0 amide bonds. The van der Waals surface area contributed by atoms with E-state index < -0.39 is 54.8 Å². The van der Waals surface area contributed by atoms with Crippen LogP contribution in [0, 0.1) is 11.6 Å². The second-order valence-electron chi connectivity index (χ2n) is 10.1. The van der Waals surface area contributed by atoms with Gasteiger partial charge in [0.1, 0.15) is 11.1 Å². The highest BCUT2D eigenvalue weighted by Gasteiger charge is 2.51. The van der Waals surface area contributed by atoms with Crippen molar-refractivity contribution in [1.82, 2.24) is 15.0 Å². The second kappa shape index (κ2) is 11.2. The van der Waals surface area contributed by atoms with E-state index in [2.05, 4.69) is 10.3 Å². The molecule has 4 N–H and O–H groups in total. The summed E-state index contributed by atoms with van der Waals surface area (Å²) in [5.41, 5.74) is -12.1. The molecule has 1 heterocycles. The number of nitrogens with zero attached hydrogens (tertiary/aromatic N) is 3. The Morgan fingerprint density at radius 1 is 0.644 bits per heavy atom. The Hall–Kier alpha value is -3.84. The maximum atomic E-state index is 14.8. The minimum Gasteiger partial charge on any atom is -0.320 e. The van der Waals surface area contributed by atoms with E-state index in [-0.39, 0.29) is 23.1 Å². The van der Waals surface area contributed by atoms with Crippen LogP contribution in [0.3, 0.4) is 0 Å². The summed E-state index contributed by atoms with van der Waals surface area (Å²) in [4.78, 5) is 36.7. The van der Waals surface area contributed by atoms with E-state index in [1.807, 2.05) is 0 Å². The van der Waals surface area contributed by atoms with Gasteiger partial charge in [-0.1, -0.05) is 71.9 Å². The molecule has 0 bridgehead atoms. The van der Waals surface area contributed by atoms with Crippen molar-refractivity contribution in [3.05, 3.63) is 130 Å². The molecule has 0 saturated carbocycles. The van der Waals surface area contributed by atoms with Gasteiger partial charge in [0, 0.05) is 17.5 Å². The summed E-state index contributed by atoms with van der Waals surface area (Å²) >= 11 is 0. The molecular formula is C28H21F6N3O6P2. The molecule has 236 valence electrons. The van der Waals surface area contributed by atoms with Crippen LogP contribution < -0.4 is 0 Å². The summed E-state index contributed by atoms with van der Waals surface area (Å²) in [6.07, 6.45) is -0.332. The normalized spacial score (nSPS) is 14.4. The van der Waals surface area contributed by atoms with Crippen LogP contribution in [0.5, 0.6) is 0 Å². The van der Waals surface area contributed by atoms with Gasteiger partial charge in [-0.15, -0.1) is 5.10 Å².